The van der Waals surface area contributed by atoms with Gasteiger partial charge in [-0.15, -0.1) is 6.58 Å². The van der Waals surface area contributed by atoms with Gasteiger partial charge in [0.1, 0.15) is 11.6 Å². The number of aryl methyl sites for hydroxylation is 1. The highest BCUT2D eigenvalue weighted by Gasteiger charge is 2.09. The average Bonchev–Trinajstić information content (AvgIpc) is 2.84. The average molecular weight is 454 g/mol. The van der Waals surface area contributed by atoms with Crippen molar-refractivity contribution in [1.82, 2.24) is 0 Å². The fourth-order valence-corrected chi connectivity index (χ4v) is 3.41. The molecule has 0 nitrogen and oxygen atoms in total. The molecule has 0 radical (unpaired) electrons. The zero-order valence-electron chi connectivity index (χ0n) is 18.1. The normalized spacial score (nSPS) is 10.2. The van der Waals surface area contributed by atoms with Gasteiger partial charge in [0.15, 0.2) is 11.6 Å². The summed E-state index contributed by atoms with van der Waals surface area (Å²) in [7, 11) is 0. The molecule has 0 aliphatic rings. The Morgan fingerprint density at radius 1 is 0.647 bits per heavy atom. The Balaban J connectivity index is 1.56. The van der Waals surface area contributed by atoms with Gasteiger partial charge >= 0.3 is 0 Å². The first-order valence-corrected chi connectivity index (χ1v) is 10.6. The third-order valence-electron chi connectivity index (χ3n) is 5.22. The van der Waals surface area contributed by atoms with Gasteiger partial charge in [0.25, 0.3) is 0 Å². The highest BCUT2D eigenvalue weighted by molar-refractivity contribution is 5.84. The Bertz CT molecular complexity index is 1480. The molecule has 0 saturated heterocycles. The van der Waals surface area contributed by atoms with E-state index in [1.165, 1.54) is 24.3 Å². The number of allylic oxidation sites excluding steroid dienone is 1. The number of hydrogen-bond donors (Lipinski definition) is 0. The summed E-state index contributed by atoms with van der Waals surface area (Å²) in [6.07, 6.45) is 3.64. The van der Waals surface area contributed by atoms with E-state index < -0.39 is 23.3 Å². The SMILES string of the molecule is C=CCCc1ccc(C#Cc2cc(F)c(C#Cc3ccc4c(F)c(F)ccc4c3)c(F)c2)cc1. The van der Waals surface area contributed by atoms with Gasteiger partial charge in [0.05, 0.1) is 5.56 Å². The maximum absolute atomic E-state index is 14.6. The van der Waals surface area contributed by atoms with E-state index in [-0.39, 0.29) is 16.5 Å². The van der Waals surface area contributed by atoms with Gasteiger partial charge in [-0.05, 0) is 66.3 Å². The van der Waals surface area contributed by atoms with E-state index >= 15 is 0 Å². The summed E-state index contributed by atoms with van der Waals surface area (Å²) in [5.41, 5.74) is 2.12. The van der Waals surface area contributed by atoms with Crippen molar-refractivity contribution in [3.63, 3.8) is 0 Å². The van der Waals surface area contributed by atoms with Gasteiger partial charge in [-0.1, -0.05) is 54.0 Å². The molecule has 0 heterocycles. The predicted molar refractivity (Wildman–Crippen MR) is 127 cm³/mol. The molecule has 0 aliphatic heterocycles. The number of rotatable bonds is 3. The summed E-state index contributed by atoms with van der Waals surface area (Å²) < 4.78 is 56.3. The van der Waals surface area contributed by atoms with Crippen LogP contribution in [0.1, 0.15) is 34.2 Å². The van der Waals surface area contributed by atoms with E-state index in [1.54, 1.807) is 0 Å². The van der Waals surface area contributed by atoms with Crippen LogP contribution in [0.25, 0.3) is 10.8 Å². The van der Waals surface area contributed by atoms with Crippen molar-refractivity contribution in [3.8, 4) is 23.7 Å². The topological polar surface area (TPSA) is 0 Å². The Morgan fingerprint density at radius 3 is 2.00 bits per heavy atom. The minimum absolute atomic E-state index is 0.109. The van der Waals surface area contributed by atoms with Crippen molar-refractivity contribution in [2.24, 2.45) is 0 Å². The standard InChI is InChI=1S/C30H18F4/c1-2-3-4-20-5-7-21(8-6-20)9-10-23-18-28(32)26(29(33)19-23)15-12-22-11-14-25-24(17-22)13-16-27(31)30(25)34/h2,5-8,11,13-14,16-19H,1,3-4H2. The third kappa shape index (κ3) is 5.20. The van der Waals surface area contributed by atoms with Gasteiger partial charge in [0, 0.05) is 22.1 Å². The Morgan fingerprint density at radius 2 is 1.29 bits per heavy atom. The summed E-state index contributed by atoms with van der Waals surface area (Å²) in [5.74, 6) is 7.30. The molecule has 0 N–H and O–H groups in total. The van der Waals surface area contributed by atoms with E-state index in [9.17, 15) is 17.6 Å². The van der Waals surface area contributed by atoms with Gasteiger partial charge in [0.2, 0.25) is 0 Å². The molecule has 0 aromatic heterocycles. The van der Waals surface area contributed by atoms with Crippen molar-refractivity contribution >= 4 is 10.8 Å². The number of halogens is 4. The third-order valence-corrected chi connectivity index (χ3v) is 5.22. The van der Waals surface area contributed by atoms with Crippen LogP contribution < -0.4 is 0 Å². The van der Waals surface area contributed by atoms with Crippen LogP contribution in [0.3, 0.4) is 0 Å². The second kappa shape index (κ2) is 10.1. The van der Waals surface area contributed by atoms with Crippen LogP contribution in [0, 0.1) is 47.0 Å². The summed E-state index contributed by atoms with van der Waals surface area (Å²) in [6.45, 7) is 3.70. The van der Waals surface area contributed by atoms with Gasteiger partial charge < -0.3 is 0 Å². The molecule has 4 aromatic rings. The largest absolute Gasteiger partial charge is 0.205 e. The van der Waals surface area contributed by atoms with Crippen molar-refractivity contribution in [3.05, 3.63) is 130 Å². The summed E-state index contributed by atoms with van der Waals surface area (Å²) >= 11 is 0. The molecule has 0 bridgehead atoms. The van der Waals surface area contributed by atoms with Crippen LogP contribution in [-0.4, -0.2) is 0 Å². The van der Waals surface area contributed by atoms with E-state index in [4.69, 9.17) is 0 Å². The minimum Gasteiger partial charge on any atom is -0.205 e. The van der Waals surface area contributed by atoms with E-state index in [0.717, 1.165) is 42.2 Å². The van der Waals surface area contributed by atoms with Crippen molar-refractivity contribution in [1.29, 1.82) is 0 Å². The smallest absolute Gasteiger partial charge is 0.166 e. The fourth-order valence-electron chi connectivity index (χ4n) is 3.41. The molecular weight excluding hydrogens is 436 g/mol. The molecule has 0 unspecified atom stereocenters. The monoisotopic (exact) mass is 454 g/mol. The molecule has 0 atom stereocenters. The first kappa shape index (κ1) is 22.9. The Hall–Kier alpha value is -4.28. The summed E-state index contributed by atoms with van der Waals surface area (Å²) in [4.78, 5) is 0. The van der Waals surface area contributed by atoms with Crippen LogP contribution in [0.15, 0.2) is 79.4 Å². The van der Waals surface area contributed by atoms with E-state index in [2.05, 4.69) is 30.3 Å². The van der Waals surface area contributed by atoms with E-state index in [1.807, 2.05) is 30.3 Å². The highest BCUT2D eigenvalue weighted by Crippen LogP contribution is 2.22. The quantitative estimate of drug-likeness (QED) is 0.173. The number of benzene rings is 4. The maximum atomic E-state index is 14.6. The van der Waals surface area contributed by atoms with Gasteiger partial charge in [-0.25, -0.2) is 17.6 Å². The van der Waals surface area contributed by atoms with Crippen LogP contribution in [-0.2, 0) is 6.42 Å². The van der Waals surface area contributed by atoms with Crippen LogP contribution in [0.5, 0.6) is 0 Å². The fraction of sp³-hybridized carbons (Fsp3) is 0.0667. The highest BCUT2D eigenvalue weighted by atomic mass is 19.2. The lowest BCUT2D eigenvalue weighted by molar-refractivity contribution is 0.517. The molecule has 4 aromatic carbocycles. The molecule has 34 heavy (non-hydrogen) atoms. The first-order valence-electron chi connectivity index (χ1n) is 10.6. The second-order valence-electron chi connectivity index (χ2n) is 7.64. The van der Waals surface area contributed by atoms with Gasteiger partial charge in [-0.3, -0.25) is 0 Å². The van der Waals surface area contributed by atoms with Crippen molar-refractivity contribution < 1.29 is 17.6 Å². The van der Waals surface area contributed by atoms with Crippen LogP contribution in [0.2, 0.25) is 0 Å². The molecule has 0 fully saturated rings. The van der Waals surface area contributed by atoms with Gasteiger partial charge in [-0.2, -0.15) is 0 Å². The maximum Gasteiger partial charge on any atom is 0.166 e. The van der Waals surface area contributed by atoms with Crippen molar-refractivity contribution in [2.75, 3.05) is 0 Å². The van der Waals surface area contributed by atoms with Crippen LogP contribution in [0.4, 0.5) is 17.6 Å². The molecule has 0 saturated carbocycles. The zero-order valence-corrected chi connectivity index (χ0v) is 18.1. The summed E-state index contributed by atoms with van der Waals surface area (Å²) in [6, 6.07) is 16.7. The first-order chi connectivity index (χ1) is 16.4. The Labute approximate surface area is 195 Å². The lowest BCUT2D eigenvalue weighted by atomic mass is 10.1. The molecule has 166 valence electrons. The number of hydrogen-bond acceptors (Lipinski definition) is 0. The molecule has 0 spiro atoms. The minimum atomic E-state index is -0.950. The zero-order chi connectivity index (χ0) is 24.1. The molecule has 4 heteroatoms. The molecule has 0 amide bonds. The molecule has 4 rings (SSSR count). The number of fused-ring (bicyclic) bond motifs is 1. The molecule has 0 aliphatic carbocycles. The molecular formula is C30H18F4. The van der Waals surface area contributed by atoms with Crippen LogP contribution >= 0.6 is 0 Å². The lowest BCUT2D eigenvalue weighted by Crippen LogP contribution is -1.93. The lowest BCUT2D eigenvalue weighted by Gasteiger charge is -2.02. The predicted octanol–water partition coefficient (Wildman–Crippen LogP) is 7.31. The second-order valence-corrected chi connectivity index (χ2v) is 7.64. The summed E-state index contributed by atoms with van der Waals surface area (Å²) in [5, 5.41) is 0.545. The van der Waals surface area contributed by atoms with Crippen molar-refractivity contribution in [2.45, 2.75) is 12.8 Å². The Kier molecular flexibility index (Phi) is 6.81. The van der Waals surface area contributed by atoms with E-state index in [0.29, 0.717) is 10.9 Å².